The van der Waals surface area contributed by atoms with Crippen molar-refractivity contribution < 1.29 is 23.5 Å². The standard InChI is InChI=1S/C12H15FN2O4S/c1-14(11(13)16)20-15(2)12(17)19-8-9-6-4-5-7-10(9)18-3/h4-7H,8H2,1-3H3. The van der Waals surface area contributed by atoms with E-state index in [2.05, 4.69) is 0 Å². The molecule has 1 aromatic carbocycles. The Balaban J connectivity index is 2.52. The van der Waals surface area contributed by atoms with Gasteiger partial charge in [0.1, 0.15) is 12.4 Å². The lowest BCUT2D eigenvalue weighted by atomic mass is 10.2. The molecule has 8 heteroatoms. The highest BCUT2D eigenvalue weighted by atomic mass is 32.2. The number of carbonyl (C=O) groups is 2. The lowest BCUT2D eigenvalue weighted by Gasteiger charge is -2.19. The molecule has 0 radical (unpaired) electrons. The molecule has 0 aromatic heterocycles. The molecule has 1 rings (SSSR count). The Hall–Kier alpha value is -1.96. The molecule has 0 saturated carbocycles. The molecule has 0 heterocycles. The van der Waals surface area contributed by atoms with Crippen LogP contribution in [0.2, 0.25) is 0 Å². The van der Waals surface area contributed by atoms with Crippen LogP contribution in [-0.4, -0.2) is 42.1 Å². The van der Waals surface area contributed by atoms with Crippen LogP contribution in [0.4, 0.5) is 14.0 Å². The summed E-state index contributed by atoms with van der Waals surface area (Å²) in [6, 6.07) is 7.10. The minimum atomic E-state index is -1.65. The quantitative estimate of drug-likeness (QED) is 0.475. The molecule has 0 aliphatic carbocycles. The zero-order chi connectivity index (χ0) is 15.1. The predicted molar refractivity (Wildman–Crippen MR) is 72.8 cm³/mol. The Morgan fingerprint density at radius 2 is 1.90 bits per heavy atom. The van der Waals surface area contributed by atoms with Crippen molar-refractivity contribution in [1.29, 1.82) is 0 Å². The van der Waals surface area contributed by atoms with Gasteiger partial charge in [0.15, 0.2) is 0 Å². The van der Waals surface area contributed by atoms with E-state index in [0.29, 0.717) is 27.8 Å². The SMILES string of the molecule is COc1ccccc1COC(=O)N(C)SN(C)C(=O)F. The van der Waals surface area contributed by atoms with Gasteiger partial charge in [-0.05, 0) is 6.07 Å². The molecule has 0 saturated heterocycles. The average molecular weight is 302 g/mol. The van der Waals surface area contributed by atoms with E-state index >= 15 is 0 Å². The summed E-state index contributed by atoms with van der Waals surface area (Å²) in [7, 11) is 4.09. The van der Waals surface area contributed by atoms with E-state index in [4.69, 9.17) is 9.47 Å². The molecule has 6 nitrogen and oxygen atoms in total. The van der Waals surface area contributed by atoms with Gasteiger partial charge in [-0.3, -0.25) is 0 Å². The first-order valence-electron chi connectivity index (χ1n) is 5.59. The Kier molecular flexibility index (Phi) is 6.10. The number of hydrogen-bond donors (Lipinski definition) is 0. The van der Waals surface area contributed by atoms with Crippen LogP contribution in [0.3, 0.4) is 0 Å². The maximum Gasteiger partial charge on any atom is 0.421 e. The number of halogens is 1. The molecule has 0 fully saturated rings. The topological polar surface area (TPSA) is 59.1 Å². The molecule has 0 aliphatic heterocycles. The van der Waals surface area contributed by atoms with Gasteiger partial charge in [0.2, 0.25) is 0 Å². The number of benzene rings is 1. The lowest BCUT2D eigenvalue weighted by Crippen LogP contribution is -2.27. The van der Waals surface area contributed by atoms with E-state index in [0.717, 1.165) is 4.31 Å². The van der Waals surface area contributed by atoms with Crippen molar-refractivity contribution in [3.8, 4) is 5.75 Å². The number of rotatable bonds is 5. The van der Waals surface area contributed by atoms with E-state index in [9.17, 15) is 14.0 Å². The number of methoxy groups -OCH3 is 1. The van der Waals surface area contributed by atoms with Crippen LogP contribution < -0.4 is 4.74 Å². The summed E-state index contributed by atoms with van der Waals surface area (Å²) in [6.45, 7) is 0.0149. The van der Waals surface area contributed by atoms with Gasteiger partial charge >= 0.3 is 12.3 Å². The highest BCUT2D eigenvalue weighted by molar-refractivity contribution is 7.95. The third-order valence-electron chi connectivity index (χ3n) is 2.29. The zero-order valence-electron chi connectivity index (χ0n) is 11.3. The van der Waals surface area contributed by atoms with Crippen molar-refractivity contribution in [2.75, 3.05) is 21.2 Å². The summed E-state index contributed by atoms with van der Waals surface area (Å²) in [5, 5.41) is 0. The van der Waals surface area contributed by atoms with Crippen molar-refractivity contribution in [2.45, 2.75) is 6.61 Å². The summed E-state index contributed by atoms with van der Waals surface area (Å²) in [4.78, 5) is 22.1. The van der Waals surface area contributed by atoms with Crippen molar-refractivity contribution >= 4 is 24.4 Å². The van der Waals surface area contributed by atoms with Gasteiger partial charge in [0.25, 0.3) is 0 Å². The van der Waals surface area contributed by atoms with Gasteiger partial charge < -0.3 is 9.47 Å². The van der Waals surface area contributed by atoms with Crippen LogP contribution in [0.5, 0.6) is 5.75 Å². The second-order valence-corrected chi connectivity index (χ2v) is 4.95. The highest BCUT2D eigenvalue weighted by Gasteiger charge is 2.17. The van der Waals surface area contributed by atoms with Crippen LogP contribution in [0.1, 0.15) is 5.56 Å². The number of para-hydroxylation sites is 1. The van der Waals surface area contributed by atoms with Crippen LogP contribution in [-0.2, 0) is 11.3 Å². The number of amides is 2. The fourth-order valence-corrected chi connectivity index (χ4v) is 1.85. The normalized spacial score (nSPS) is 9.80. The summed E-state index contributed by atoms with van der Waals surface area (Å²) < 4.78 is 24.2. The molecule has 20 heavy (non-hydrogen) atoms. The highest BCUT2D eigenvalue weighted by Crippen LogP contribution is 2.20. The van der Waals surface area contributed by atoms with Crippen LogP contribution in [0.25, 0.3) is 0 Å². The van der Waals surface area contributed by atoms with Gasteiger partial charge in [-0.25, -0.2) is 18.2 Å². The minimum Gasteiger partial charge on any atom is -0.496 e. The number of carbonyl (C=O) groups excluding carboxylic acids is 2. The smallest absolute Gasteiger partial charge is 0.421 e. The van der Waals surface area contributed by atoms with Gasteiger partial charge in [-0.1, -0.05) is 18.2 Å². The third kappa shape index (κ3) is 4.61. The largest absolute Gasteiger partial charge is 0.496 e. The van der Waals surface area contributed by atoms with Gasteiger partial charge in [0.05, 0.1) is 19.2 Å². The van der Waals surface area contributed by atoms with E-state index in [-0.39, 0.29) is 6.61 Å². The van der Waals surface area contributed by atoms with Crippen molar-refractivity contribution in [2.24, 2.45) is 0 Å². The van der Waals surface area contributed by atoms with E-state index < -0.39 is 12.3 Å². The first-order chi connectivity index (χ1) is 9.45. The summed E-state index contributed by atoms with van der Waals surface area (Å²) in [5.74, 6) is 0.603. The minimum absolute atomic E-state index is 0.0149. The van der Waals surface area contributed by atoms with Gasteiger partial charge in [0, 0.05) is 19.7 Å². The van der Waals surface area contributed by atoms with Crippen molar-refractivity contribution in [1.82, 2.24) is 8.61 Å². The first-order valence-corrected chi connectivity index (χ1v) is 6.32. The summed E-state index contributed by atoms with van der Waals surface area (Å²) in [6.07, 6.45) is -2.35. The molecule has 0 atom stereocenters. The Morgan fingerprint density at radius 1 is 1.25 bits per heavy atom. The predicted octanol–water partition coefficient (Wildman–Crippen LogP) is 2.85. The number of nitrogens with zero attached hydrogens (tertiary/aromatic N) is 2. The zero-order valence-corrected chi connectivity index (χ0v) is 12.1. The fourth-order valence-electron chi connectivity index (χ4n) is 1.30. The van der Waals surface area contributed by atoms with Gasteiger partial charge in [-0.2, -0.15) is 0 Å². The second-order valence-electron chi connectivity index (χ2n) is 3.70. The van der Waals surface area contributed by atoms with Crippen molar-refractivity contribution in [3.05, 3.63) is 29.8 Å². The molecule has 1 aromatic rings. The Labute approximate surface area is 120 Å². The molecule has 2 amide bonds. The molecule has 0 N–H and O–H groups in total. The number of hydrogen-bond acceptors (Lipinski definition) is 5. The maximum atomic E-state index is 12.3. The van der Waals surface area contributed by atoms with E-state index in [1.165, 1.54) is 21.2 Å². The molecule has 0 spiro atoms. The van der Waals surface area contributed by atoms with Crippen molar-refractivity contribution in [3.63, 3.8) is 0 Å². The molecule has 0 unspecified atom stereocenters. The third-order valence-corrected chi connectivity index (χ3v) is 3.08. The van der Waals surface area contributed by atoms with Crippen LogP contribution in [0, 0.1) is 0 Å². The molecule has 110 valence electrons. The van der Waals surface area contributed by atoms with Crippen LogP contribution >= 0.6 is 12.1 Å². The molecular weight excluding hydrogens is 287 g/mol. The second kappa shape index (κ2) is 7.59. The Morgan fingerprint density at radius 3 is 2.50 bits per heavy atom. The fraction of sp³-hybridized carbons (Fsp3) is 0.333. The van der Waals surface area contributed by atoms with Gasteiger partial charge in [-0.15, -0.1) is 4.39 Å². The Bertz CT molecular complexity index is 486. The molecular formula is C12H15FN2O4S. The summed E-state index contributed by atoms with van der Waals surface area (Å²) >= 11 is 0.597. The monoisotopic (exact) mass is 302 g/mol. The van der Waals surface area contributed by atoms with E-state index in [1.54, 1.807) is 24.3 Å². The van der Waals surface area contributed by atoms with Crippen LogP contribution in [0.15, 0.2) is 24.3 Å². The molecule has 0 bridgehead atoms. The van der Waals surface area contributed by atoms with E-state index in [1.807, 2.05) is 0 Å². The number of ether oxygens (including phenoxy) is 2. The lowest BCUT2D eigenvalue weighted by molar-refractivity contribution is 0.124. The maximum absolute atomic E-state index is 12.3. The average Bonchev–Trinajstić information content (AvgIpc) is 2.44. The molecule has 0 aliphatic rings. The first kappa shape index (κ1) is 16.1. The summed E-state index contributed by atoms with van der Waals surface area (Å²) in [5.41, 5.74) is 0.705.